The molecule has 2 heterocycles. The summed E-state index contributed by atoms with van der Waals surface area (Å²) in [5.74, 6) is 1.13. The normalized spacial score (nSPS) is 12.2. The van der Waals surface area contributed by atoms with Crippen LogP contribution in [0.2, 0.25) is 0 Å². The van der Waals surface area contributed by atoms with Gasteiger partial charge in [-0.05, 0) is 12.3 Å². The number of anilines is 1. The van der Waals surface area contributed by atoms with E-state index in [9.17, 15) is 4.79 Å². The molecule has 0 aliphatic heterocycles. The number of hydrogen-bond donors (Lipinski definition) is 1. The number of carbonyl (C=O) groups is 1. The summed E-state index contributed by atoms with van der Waals surface area (Å²) < 4.78 is 1.65. The fraction of sp³-hybridized carbons (Fsp3) is 0.538. The molecule has 8 heteroatoms. The van der Waals surface area contributed by atoms with Crippen molar-refractivity contribution in [3.05, 3.63) is 23.2 Å². The summed E-state index contributed by atoms with van der Waals surface area (Å²) in [6.45, 7) is 4.64. The Balaban J connectivity index is 1.94. The highest BCUT2D eigenvalue weighted by Crippen LogP contribution is 2.24. The quantitative estimate of drug-likeness (QED) is 0.920. The minimum Gasteiger partial charge on any atom is -0.320 e. The van der Waals surface area contributed by atoms with Crippen molar-refractivity contribution in [2.24, 2.45) is 7.05 Å². The minimum absolute atomic E-state index is 0.206. The Labute approximate surface area is 128 Å². The first-order chi connectivity index (χ1) is 10.0. The molecular formula is C13H20N6OS. The lowest BCUT2D eigenvalue weighted by atomic mass is 10.1. The van der Waals surface area contributed by atoms with Crippen molar-refractivity contribution in [3.63, 3.8) is 0 Å². The Morgan fingerprint density at radius 3 is 2.95 bits per heavy atom. The zero-order valence-electron chi connectivity index (χ0n) is 12.7. The largest absolute Gasteiger partial charge is 0.323 e. The lowest BCUT2D eigenvalue weighted by molar-refractivity contribution is 0.219. The van der Waals surface area contributed by atoms with Crippen LogP contribution < -0.4 is 5.32 Å². The van der Waals surface area contributed by atoms with E-state index in [-0.39, 0.29) is 6.03 Å². The van der Waals surface area contributed by atoms with Crippen LogP contribution in [0.5, 0.6) is 0 Å². The average Bonchev–Trinajstić information content (AvgIpc) is 3.08. The van der Waals surface area contributed by atoms with Crippen LogP contribution >= 0.6 is 11.3 Å². The molecule has 0 fully saturated rings. The van der Waals surface area contributed by atoms with Crippen LogP contribution in [0.25, 0.3) is 0 Å². The van der Waals surface area contributed by atoms with E-state index >= 15 is 0 Å². The fourth-order valence-electron chi connectivity index (χ4n) is 1.71. The van der Waals surface area contributed by atoms with Gasteiger partial charge in [0.2, 0.25) is 0 Å². The highest BCUT2D eigenvalue weighted by Gasteiger charge is 2.15. The van der Waals surface area contributed by atoms with E-state index in [2.05, 4.69) is 34.2 Å². The third-order valence-corrected chi connectivity index (χ3v) is 4.16. The molecule has 21 heavy (non-hydrogen) atoms. The van der Waals surface area contributed by atoms with Crippen molar-refractivity contribution < 1.29 is 4.79 Å². The van der Waals surface area contributed by atoms with Gasteiger partial charge in [0.25, 0.3) is 0 Å². The van der Waals surface area contributed by atoms with Crippen LogP contribution in [0.15, 0.2) is 11.7 Å². The van der Waals surface area contributed by atoms with Gasteiger partial charge in [-0.1, -0.05) is 13.8 Å². The summed E-state index contributed by atoms with van der Waals surface area (Å²) in [4.78, 5) is 22.2. The summed E-state index contributed by atoms with van der Waals surface area (Å²) in [5, 5.41) is 9.41. The molecule has 0 bridgehead atoms. The van der Waals surface area contributed by atoms with Crippen LogP contribution in [0.3, 0.4) is 0 Å². The first kappa shape index (κ1) is 15.4. The Morgan fingerprint density at radius 1 is 1.57 bits per heavy atom. The Morgan fingerprint density at radius 2 is 2.33 bits per heavy atom. The average molecular weight is 308 g/mol. The molecule has 1 N–H and O–H groups in total. The van der Waals surface area contributed by atoms with Gasteiger partial charge in [0, 0.05) is 19.5 Å². The molecule has 0 aliphatic carbocycles. The second-order valence-electron chi connectivity index (χ2n) is 4.97. The maximum Gasteiger partial charge on any atom is 0.323 e. The smallest absolute Gasteiger partial charge is 0.320 e. The standard InChI is InChI=1S/C13H20N6OS/c1-5-9(2)10-7-21-12(16-10)17-13(20)18(3)6-11-14-8-15-19(11)4/h7-9H,5-6H2,1-4H3,(H,16,17,20). The second-order valence-corrected chi connectivity index (χ2v) is 5.83. The SMILES string of the molecule is CCC(C)c1csc(NC(=O)N(C)Cc2ncnn2C)n1. The Bertz CT molecular complexity index is 607. The highest BCUT2D eigenvalue weighted by molar-refractivity contribution is 7.13. The van der Waals surface area contributed by atoms with E-state index in [1.54, 1.807) is 23.7 Å². The summed E-state index contributed by atoms with van der Waals surface area (Å²) in [5.41, 5.74) is 1.02. The number of hydrogen-bond acceptors (Lipinski definition) is 5. The maximum atomic E-state index is 12.1. The predicted molar refractivity (Wildman–Crippen MR) is 82.3 cm³/mol. The molecule has 1 atom stereocenters. The van der Waals surface area contributed by atoms with Gasteiger partial charge in [0.1, 0.15) is 12.2 Å². The Hall–Kier alpha value is -1.96. The number of nitrogens with one attached hydrogen (secondary N) is 1. The number of amides is 2. The van der Waals surface area contributed by atoms with Gasteiger partial charge in [0.05, 0.1) is 12.2 Å². The summed E-state index contributed by atoms with van der Waals surface area (Å²) in [7, 11) is 3.51. The van der Waals surface area contributed by atoms with E-state index in [1.165, 1.54) is 17.7 Å². The number of aromatic nitrogens is 4. The molecule has 0 spiro atoms. The van der Waals surface area contributed by atoms with Crippen LogP contribution in [-0.4, -0.2) is 37.7 Å². The first-order valence-corrected chi connectivity index (χ1v) is 7.69. The molecule has 0 aliphatic rings. The van der Waals surface area contributed by atoms with Gasteiger partial charge >= 0.3 is 6.03 Å². The van der Waals surface area contributed by atoms with Crippen LogP contribution in [0.4, 0.5) is 9.93 Å². The van der Waals surface area contributed by atoms with E-state index in [0.717, 1.165) is 17.9 Å². The van der Waals surface area contributed by atoms with Crippen molar-refractivity contribution in [2.45, 2.75) is 32.7 Å². The molecule has 7 nitrogen and oxygen atoms in total. The molecule has 0 saturated heterocycles. The fourth-order valence-corrected chi connectivity index (χ4v) is 2.53. The maximum absolute atomic E-state index is 12.1. The monoisotopic (exact) mass is 308 g/mol. The number of thiazole rings is 1. The van der Waals surface area contributed by atoms with Crippen LogP contribution in [0.1, 0.15) is 37.7 Å². The van der Waals surface area contributed by atoms with Crippen LogP contribution in [0, 0.1) is 0 Å². The second kappa shape index (κ2) is 6.66. The van der Waals surface area contributed by atoms with E-state index in [0.29, 0.717) is 17.6 Å². The zero-order chi connectivity index (χ0) is 15.4. The zero-order valence-corrected chi connectivity index (χ0v) is 13.5. The van der Waals surface area contributed by atoms with Gasteiger partial charge in [0.15, 0.2) is 5.13 Å². The van der Waals surface area contributed by atoms with Gasteiger partial charge in [-0.3, -0.25) is 10.00 Å². The van der Waals surface area contributed by atoms with Gasteiger partial charge in [-0.25, -0.2) is 14.8 Å². The molecule has 1 unspecified atom stereocenters. The van der Waals surface area contributed by atoms with Gasteiger partial charge in [-0.15, -0.1) is 11.3 Å². The number of rotatable bonds is 5. The molecule has 2 aromatic heterocycles. The highest BCUT2D eigenvalue weighted by atomic mass is 32.1. The van der Waals surface area contributed by atoms with Crippen molar-refractivity contribution >= 4 is 22.5 Å². The van der Waals surface area contributed by atoms with Crippen molar-refractivity contribution in [2.75, 3.05) is 12.4 Å². The Kier molecular flexibility index (Phi) is 4.89. The van der Waals surface area contributed by atoms with E-state index < -0.39 is 0 Å². The summed E-state index contributed by atoms with van der Waals surface area (Å²) in [6.07, 6.45) is 2.50. The predicted octanol–water partition coefficient (Wildman–Crippen LogP) is 2.45. The lowest BCUT2D eigenvalue weighted by Gasteiger charge is -2.16. The minimum atomic E-state index is -0.206. The molecule has 0 aromatic carbocycles. The topological polar surface area (TPSA) is 75.9 Å². The third kappa shape index (κ3) is 3.78. The van der Waals surface area contributed by atoms with Crippen molar-refractivity contribution in [1.82, 2.24) is 24.6 Å². The van der Waals surface area contributed by atoms with E-state index in [1.807, 2.05) is 5.38 Å². The van der Waals surface area contributed by atoms with Crippen molar-refractivity contribution in [1.29, 1.82) is 0 Å². The number of aryl methyl sites for hydroxylation is 1. The number of carbonyl (C=O) groups excluding carboxylic acids is 1. The molecule has 114 valence electrons. The summed E-state index contributed by atoms with van der Waals surface area (Å²) >= 11 is 1.45. The lowest BCUT2D eigenvalue weighted by Crippen LogP contribution is -2.31. The first-order valence-electron chi connectivity index (χ1n) is 6.81. The van der Waals surface area contributed by atoms with E-state index in [4.69, 9.17) is 0 Å². The van der Waals surface area contributed by atoms with Gasteiger partial charge in [-0.2, -0.15) is 5.10 Å². The molecule has 2 aromatic rings. The molecule has 2 rings (SSSR count). The molecular weight excluding hydrogens is 288 g/mol. The van der Waals surface area contributed by atoms with Crippen molar-refractivity contribution in [3.8, 4) is 0 Å². The number of nitrogens with zero attached hydrogens (tertiary/aromatic N) is 5. The molecule has 2 amide bonds. The summed E-state index contributed by atoms with van der Waals surface area (Å²) in [6, 6.07) is -0.206. The number of urea groups is 1. The molecule has 0 radical (unpaired) electrons. The van der Waals surface area contributed by atoms with Gasteiger partial charge < -0.3 is 4.90 Å². The molecule has 0 saturated carbocycles. The third-order valence-electron chi connectivity index (χ3n) is 3.38. The van der Waals surface area contributed by atoms with Crippen LogP contribution in [-0.2, 0) is 13.6 Å².